The average Bonchev–Trinajstić information content (AvgIpc) is 2.93. The summed E-state index contributed by atoms with van der Waals surface area (Å²) in [7, 11) is 1.74. The number of ether oxygens (including phenoxy) is 1. The van der Waals surface area contributed by atoms with Crippen molar-refractivity contribution in [2.75, 3.05) is 20.3 Å². The summed E-state index contributed by atoms with van der Waals surface area (Å²) in [5, 5.41) is 0. The molecule has 0 amide bonds. The Kier molecular flexibility index (Phi) is 5.16. The van der Waals surface area contributed by atoms with Gasteiger partial charge in [0.2, 0.25) is 0 Å². The number of rotatable bonds is 6. The van der Waals surface area contributed by atoms with Crippen molar-refractivity contribution < 1.29 is 4.74 Å². The fourth-order valence-electron chi connectivity index (χ4n) is 2.66. The molecule has 0 spiro atoms. The zero-order chi connectivity index (χ0) is 13.5. The summed E-state index contributed by atoms with van der Waals surface area (Å²) in [5.41, 5.74) is 2.46. The van der Waals surface area contributed by atoms with Gasteiger partial charge in [0, 0.05) is 32.0 Å². The number of allylic oxidation sites excluding steroid dienone is 2. The van der Waals surface area contributed by atoms with Crippen LogP contribution < -0.4 is 0 Å². The first-order valence-electron chi connectivity index (χ1n) is 6.85. The first kappa shape index (κ1) is 13.8. The third-order valence-corrected chi connectivity index (χ3v) is 3.52. The lowest BCUT2D eigenvalue weighted by molar-refractivity contribution is 0.188. The number of aromatic nitrogens is 1. The van der Waals surface area contributed by atoms with Crippen molar-refractivity contribution in [2.24, 2.45) is 0 Å². The highest BCUT2D eigenvalue weighted by Gasteiger charge is 2.27. The van der Waals surface area contributed by atoms with E-state index in [2.05, 4.69) is 34.7 Å². The highest BCUT2D eigenvalue weighted by Crippen LogP contribution is 2.34. The lowest BCUT2D eigenvalue weighted by Gasteiger charge is -2.29. The average molecular weight is 258 g/mol. The van der Waals surface area contributed by atoms with Gasteiger partial charge >= 0.3 is 0 Å². The molecule has 0 saturated carbocycles. The molecule has 1 aromatic heterocycles. The van der Waals surface area contributed by atoms with E-state index >= 15 is 0 Å². The van der Waals surface area contributed by atoms with E-state index in [1.807, 2.05) is 18.3 Å². The van der Waals surface area contributed by atoms with E-state index in [9.17, 15) is 0 Å². The molecule has 1 atom stereocenters. The summed E-state index contributed by atoms with van der Waals surface area (Å²) >= 11 is 0. The van der Waals surface area contributed by atoms with Crippen LogP contribution in [0.4, 0.5) is 0 Å². The standard InChI is InChI=1S/C16H22N2O/c1-3-7-14(10-13-19-2)18-12-6-9-16(18)15-8-4-5-11-17-15/h3-5,7-8,11,16H,1,6,9-10,12-13H2,2H3/b14-7+. The molecule has 1 aromatic rings. The molecule has 0 N–H and O–H groups in total. The zero-order valence-corrected chi connectivity index (χ0v) is 11.6. The summed E-state index contributed by atoms with van der Waals surface area (Å²) in [4.78, 5) is 6.96. The second-order valence-corrected chi connectivity index (χ2v) is 4.74. The minimum Gasteiger partial charge on any atom is -0.384 e. The zero-order valence-electron chi connectivity index (χ0n) is 11.6. The monoisotopic (exact) mass is 258 g/mol. The van der Waals surface area contributed by atoms with Crippen LogP contribution in [0.5, 0.6) is 0 Å². The topological polar surface area (TPSA) is 25.4 Å². The van der Waals surface area contributed by atoms with Crippen molar-refractivity contribution in [3.05, 3.63) is 54.5 Å². The van der Waals surface area contributed by atoms with Gasteiger partial charge in [-0.15, -0.1) is 0 Å². The van der Waals surface area contributed by atoms with E-state index in [0.717, 1.165) is 25.3 Å². The molecule has 1 fully saturated rings. The molecule has 2 rings (SSSR count). The summed E-state index contributed by atoms with van der Waals surface area (Å²) in [6.45, 7) is 5.65. The molecule has 0 bridgehead atoms. The Balaban J connectivity index is 2.16. The summed E-state index contributed by atoms with van der Waals surface area (Å²) in [6, 6.07) is 6.54. The lowest BCUT2D eigenvalue weighted by atomic mass is 10.1. The molecule has 0 radical (unpaired) electrons. The van der Waals surface area contributed by atoms with Crippen molar-refractivity contribution in [3.63, 3.8) is 0 Å². The molecule has 1 aliphatic heterocycles. The maximum atomic E-state index is 5.20. The predicted molar refractivity (Wildman–Crippen MR) is 77.7 cm³/mol. The fourth-order valence-corrected chi connectivity index (χ4v) is 2.66. The molecule has 1 unspecified atom stereocenters. The smallest absolute Gasteiger partial charge is 0.0711 e. The van der Waals surface area contributed by atoms with Crippen molar-refractivity contribution in [1.82, 2.24) is 9.88 Å². The van der Waals surface area contributed by atoms with Crippen LogP contribution in [-0.4, -0.2) is 30.1 Å². The molecule has 0 aliphatic carbocycles. The Morgan fingerprint density at radius 2 is 2.47 bits per heavy atom. The van der Waals surface area contributed by atoms with Gasteiger partial charge in [-0.3, -0.25) is 4.98 Å². The Labute approximate surface area is 115 Å². The van der Waals surface area contributed by atoms with Gasteiger partial charge in [0.1, 0.15) is 0 Å². The predicted octanol–water partition coefficient (Wildman–Crippen LogP) is 3.32. The number of hydrogen-bond donors (Lipinski definition) is 0. The van der Waals surface area contributed by atoms with E-state index in [1.165, 1.54) is 18.5 Å². The van der Waals surface area contributed by atoms with Crippen LogP contribution in [0, 0.1) is 0 Å². The Morgan fingerprint density at radius 1 is 1.58 bits per heavy atom. The second-order valence-electron chi connectivity index (χ2n) is 4.74. The third-order valence-electron chi connectivity index (χ3n) is 3.52. The van der Waals surface area contributed by atoms with Gasteiger partial charge < -0.3 is 9.64 Å². The Hall–Kier alpha value is -1.61. The Bertz CT molecular complexity index is 428. The van der Waals surface area contributed by atoms with Gasteiger partial charge in [-0.1, -0.05) is 18.7 Å². The Morgan fingerprint density at radius 3 is 3.16 bits per heavy atom. The summed E-state index contributed by atoms with van der Waals surface area (Å²) in [5.74, 6) is 0. The van der Waals surface area contributed by atoms with Gasteiger partial charge in [0.15, 0.2) is 0 Å². The van der Waals surface area contributed by atoms with Gasteiger partial charge in [0.05, 0.1) is 18.3 Å². The van der Waals surface area contributed by atoms with Crippen LogP contribution in [0.25, 0.3) is 0 Å². The van der Waals surface area contributed by atoms with Crippen molar-refractivity contribution in [2.45, 2.75) is 25.3 Å². The SMILES string of the molecule is C=C/C=C(\CCOC)N1CCCC1c1ccccn1. The fraction of sp³-hybridized carbons (Fsp3) is 0.438. The molecule has 1 aliphatic rings. The summed E-state index contributed by atoms with van der Waals surface area (Å²) < 4.78 is 5.20. The van der Waals surface area contributed by atoms with Crippen LogP contribution in [0.15, 0.2) is 48.8 Å². The molecule has 0 aromatic carbocycles. The van der Waals surface area contributed by atoms with Crippen LogP contribution >= 0.6 is 0 Å². The van der Waals surface area contributed by atoms with Gasteiger partial charge in [0.25, 0.3) is 0 Å². The van der Waals surface area contributed by atoms with E-state index in [-0.39, 0.29) is 0 Å². The van der Waals surface area contributed by atoms with E-state index in [0.29, 0.717) is 6.04 Å². The van der Waals surface area contributed by atoms with Crippen molar-refractivity contribution >= 4 is 0 Å². The number of hydrogen-bond acceptors (Lipinski definition) is 3. The van der Waals surface area contributed by atoms with E-state index in [1.54, 1.807) is 7.11 Å². The minimum atomic E-state index is 0.393. The first-order valence-corrected chi connectivity index (χ1v) is 6.85. The molecular weight excluding hydrogens is 236 g/mol. The molecule has 1 saturated heterocycles. The highest BCUT2D eigenvalue weighted by atomic mass is 16.5. The molecular formula is C16H22N2O. The van der Waals surface area contributed by atoms with E-state index < -0.39 is 0 Å². The number of likely N-dealkylation sites (tertiary alicyclic amines) is 1. The molecule has 3 nitrogen and oxygen atoms in total. The van der Waals surface area contributed by atoms with Gasteiger partial charge in [-0.05, 0) is 31.1 Å². The van der Waals surface area contributed by atoms with E-state index in [4.69, 9.17) is 4.74 Å². The minimum absolute atomic E-state index is 0.393. The van der Waals surface area contributed by atoms with Crippen LogP contribution in [-0.2, 0) is 4.74 Å². The first-order chi connectivity index (χ1) is 9.36. The molecule has 3 heteroatoms. The maximum Gasteiger partial charge on any atom is 0.0711 e. The number of methoxy groups -OCH3 is 1. The lowest BCUT2D eigenvalue weighted by Crippen LogP contribution is -2.24. The summed E-state index contributed by atoms with van der Waals surface area (Å²) in [6.07, 6.45) is 9.13. The van der Waals surface area contributed by atoms with Crippen LogP contribution in [0.3, 0.4) is 0 Å². The molecule has 2 heterocycles. The van der Waals surface area contributed by atoms with Crippen molar-refractivity contribution in [3.8, 4) is 0 Å². The third kappa shape index (κ3) is 3.44. The largest absolute Gasteiger partial charge is 0.384 e. The highest BCUT2D eigenvalue weighted by molar-refractivity contribution is 5.18. The van der Waals surface area contributed by atoms with Crippen LogP contribution in [0.1, 0.15) is 31.0 Å². The maximum absolute atomic E-state index is 5.20. The molecule has 19 heavy (non-hydrogen) atoms. The molecule has 102 valence electrons. The quantitative estimate of drug-likeness (QED) is 0.732. The normalized spacial score (nSPS) is 19.7. The number of pyridine rings is 1. The van der Waals surface area contributed by atoms with Gasteiger partial charge in [-0.25, -0.2) is 0 Å². The van der Waals surface area contributed by atoms with Gasteiger partial charge in [-0.2, -0.15) is 0 Å². The van der Waals surface area contributed by atoms with Crippen LogP contribution in [0.2, 0.25) is 0 Å². The second kappa shape index (κ2) is 7.10. The number of nitrogens with zero attached hydrogens (tertiary/aromatic N) is 2. The van der Waals surface area contributed by atoms with Crippen molar-refractivity contribution in [1.29, 1.82) is 0 Å².